The first kappa shape index (κ1) is 11.9. The molecule has 1 aromatic rings. The molecule has 0 bridgehead atoms. The Balaban J connectivity index is 1.81. The van der Waals surface area contributed by atoms with Crippen LogP contribution in [0.5, 0.6) is 5.75 Å². The van der Waals surface area contributed by atoms with E-state index in [9.17, 15) is 9.18 Å². The number of nitrogens with zero attached hydrogens (tertiary/aromatic N) is 1. The van der Waals surface area contributed by atoms with Gasteiger partial charge < -0.3 is 14.4 Å². The molecule has 1 aromatic carbocycles. The van der Waals surface area contributed by atoms with E-state index in [0.717, 1.165) is 0 Å². The molecular formula is C12H14FNO3. The Kier molecular flexibility index (Phi) is 3.93. The zero-order valence-electron chi connectivity index (χ0n) is 9.39. The molecule has 1 fully saturated rings. The fourth-order valence-electron chi connectivity index (χ4n) is 1.58. The Hall–Kier alpha value is -1.62. The molecule has 1 aliphatic heterocycles. The number of morpholine rings is 1. The fourth-order valence-corrected chi connectivity index (χ4v) is 1.58. The zero-order valence-corrected chi connectivity index (χ0v) is 9.39. The second kappa shape index (κ2) is 5.63. The van der Waals surface area contributed by atoms with E-state index < -0.39 is 0 Å². The Bertz CT molecular complexity index is 374. The summed E-state index contributed by atoms with van der Waals surface area (Å²) in [6.45, 7) is 2.33. The summed E-state index contributed by atoms with van der Waals surface area (Å²) in [7, 11) is 0. The highest BCUT2D eigenvalue weighted by Gasteiger charge is 2.16. The largest absolute Gasteiger partial charge is 0.484 e. The highest BCUT2D eigenvalue weighted by molar-refractivity contribution is 5.77. The van der Waals surface area contributed by atoms with Gasteiger partial charge in [-0.05, 0) is 24.3 Å². The van der Waals surface area contributed by atoms with E-state index in [1.165, 1.54) is 24.3 Å². The molecule has 0 radical (unpaired) electrons. The molecule has 0 N–H and O–H groups in total. The van der Waals surface area contributed by atoms with E-state index in [2.05, 4.69) is 0 Å². The van der Waals surface area contributed by atoms with Crippen LogP contribution in [-0.4, -0.2) is 43.7 Å². The zero-order chi connectivity index (χ0) is 12.1. The molecule has 0 aromatic heterocycles. The monoisotopic (exact) mass is 239 g/mol. The summed E-state index contributed by atoms with van der Waals surface area (Å²) in [6.07, 6.45) is 0. The third-order valence-corrected chi connectivity index (χ3v) is 2.54. The summed E-state index contributed by atoms with van der Waals surface area (Å²) in [5.41, 5.74) is 0. The van der Waals surface area contributed by atoms with Gasteiger partial charge in [-0.3, -0.25) is 4.79 Å². The van der Waals surface area contributed by atoms with Crippen LogP contribution in [0.2, 0.25) is 0 Å². The van der Waals surface area contributed by atoms with Crippen LogP contribution in [-0.2, 0) is 9.53 Å². The van der Waals surface area contributed by atoms with Crippen molar-refractivity contribution in [1.29, 1.82) is 0 Å². The molecule has 92 valence electrons. The van der Waals surface area contributed by atoms with E-state index in [1.54, 1.807) is 4.90 Å². The number of rotatable bonds is 3. The maximum absolute atomic E-state index is 12.6. The molecule has 0 saturated carbocycles. The standard InChI is InChI=1S/C12H14FNO3/c13-10-1-3-11(4-2-10)17-9-12(15)14-5-7-16-8-6-14/h1-4H,5-9H2. The molecule has 5 heteroatoms. The summed E-state index contributed by atoms with van der Waals surface area (Å²) in [6, 6.07) is 5.60. The van der Waals surface area contributed by atoms with Gasteiger partial charge in [0.15, 0.2) is 6.61 Å². The minimum absolute atomic E-state index is 0.0222. The molecule has 1 heterocycles. The fraction of sp³-hybridized carbons (Fsp3) is 0.417. The van der Waals surface area contributed by atoms with E-state index in [0.29, 0.717) is 32.1 Å². The number of hydrogen-bond acceptors (Lipinski definition) is 3. The van der Waals surface area contributed by atoms with Crippen molar-refractivity contribution in [1.82, 2.24) is 4.90 Å². The molecule has 0 unspecified atom stereocenters. The van der Waals surface area contributed by atoms with E-state index in [4.69, 9.17) is 9.47 Å². The summed E-state index contributed by atoms with van der Waals surface area (Å²) >= 11 is 0. The summed E-state index contributed by atoms with van der Waals surface area (Å²) < 4.78 is 23.1. The highest BCUT2D eigenvalue weighted by Crippen LogP contribution is 2.11. The lowest BCUT2D eigenvalue weighted by Crippen LogP contribution is -2.42. The molecule has 1 amide bonds. The van der Waals surface area contributed by atoms with Crippen LogP contribution in [0.1, 0.15) is 0 Å². The SMILES string of the molecule is O=C(COc1ccc(F)cc1)N1CCOCC1. The Labute approximate surface area is 98.9 Å². The van der Waals surface area contributed by atoms with Crippen LogP contribution in [0.3, 0.4) is 0 Å². The Morgan fingerprint density at radius 1 is 1.29 bits per heavy atom. The van der Waals surface area contributed by atoms with Crippen molar-refractivity contribution in [3.63, 3.8) is 0 Å². The van der Waals surface area contributed by atoms with Crippen molar-refractivity contribution in [2.75, 3.05) is 32.9 Å². The van der Waals surface area contributed by atoms with E-state index in [1.807, 2.05) is 0 Å². The topological polar surface area (TPSA) is 38.8 Å². The molecular weight excluding hydrogens is 225 g/mol. The van der Waals surface area contributed by atoms with Crippen LogP contribution in [0.25, 0.3) is 0 Å². The quantitative estimate of drug-likeness (QED) is 0.791. The molecule has 1 aliphatic rings. The van der Waals surface area contributed by atoms with Crippen molar-refractivity contribution in [3.05, 3.63) is 30.1 Å². The van der Waals surface area contributed by atoms with Gasteiger partial charge in [-0.1, -0.05) is 0 Å². The lowest BCUT2D eigenvalue weighted by Gasteiger charge is -2.26. The van der Waals surface area contributed by atoms with Crippen molar-refractivity contribution >= 4 is 5.91 Å². The van der Waals surface area contributed by atoms with Gasteiger partial charge in [-0.15, -0.1) is 0 Å². The number of benzene rings is 1. The Morgan fingerprint density at radius 2 is 1.94 bits per heavy atom. The first-order valence-corrected chi connectivity index (χ1v) is 5.49. The number of hydrogen-bond donors (Lipinski definition) is 0. The second-order valence-electron chi connectivity index (χ2n) is 3.74. The number of halogens is 1. The predicted molar refractivity (Wildman–Crippen MR) is 59.3 cm³/mol. The smallest absolute Gasteiger partial charge is 0.260 e. The van der Waals surface area contributed by atoms with Crippen LogP contribution < -0.4 is 4.74 Å². The first-order valence-electron chi connectivity index (χ1n) is 5.49. The predicted octanol–water partition coefficient (Wildman–Crippen LogP) is 1.06. The van der Waals surface area contributed by atoms with Crippen molar-refractivity contribution < 1.29 is 18.7 Å². The molecule has 4 nitrogen and oxygen atoms in total. The lowest BCUT2D eigenvalue weighted by atomic mass is 10.3. The number of carbonyl (C=O) groups excluding carboxylic acids is 1. The van der Waals surface area contributed by atoms with E-state index in [-0.39, 0.29) is 18.3 Å². The average Bonchev–Trinajstić information content (AvgIpc) is 2.39. The molecule has 0 aliphatic carbocycles. The van der Waals surface area contributed by atoms with Crippen LogP contribution in [0.15, 0.2) is 24.3 Å². The minimum Gasteiger partial charge on any atom is -0.484 e. The minimum atomic E-state index is -0.322. The maximum atomic E-state index is 12.6. The third-order valence-electron chi connectivity index (χ3n) is 2.54. The van der Waals surface area contributed by atoms with Crippen LogP contribution in [0.4, 0.5) is 4.39 Å². The van der Waals surface area contributed by atoms with Crippen molar-refractivity contribution in [2.45, 2.75) is 0 Å². The first-order chi connectivity index (χ1) is 8.25. The second-order valence-corrected chi connectivity index (χ2v) is 3.74. The normalized spacial score (nSPS) is 15.7. The number of amides is 1. The molecule has 17 heavy (non-hydrogen) atoms. The van der Waals surface area contributed by atoms with Crippen molar-refractivity contribution in [2.24, 2.45) is 0 Å². The van der Waals surface area contributed by atoms with Gasteiger partial charge in [0.2, 0.25) is 0 Å². The maximum Gasteiger partial charge on any atom is 0.260 e. The van der Waals surface area contributed by atoms with Gasteiger partial charge >= 0.3 is 0 Å². The average molecular weight is 239 g/mol. The van der Waals surface area contributed by atoms with Crippen molar-refractivity contribution in [3.8, 4) is 5.75 Å². The number of carbonyl (C=O) groups is 1. The number of ether oxygens (including phenoxy) is 2. The molecule has 2 rings (SSSR count). The van der Waals surface area contributed by atoms with E-state index >= 15 is 0 Å². The molecule has 1 saturated heterocycles. The van der Waals surface area contributed by atoms with Gasteiger partial charge in [-0.2, -0.15) is 0 Å². The van der Waals surface area contributed by atoms with Gasteiger partial charge in [0, 0.05) is 13.1 Å². The van der Waals surface area contributed by atoms with Crippen LogP contribution >= 0.6 is 0 Å². The summed E-state index contributed by atoms with van der Waals surface area (Å²) in [4.78, 5) is 13.4. The third kappa shape index (κ3) is 3.42. The molecule has 0 spiro atoms. The summed E-state index contributed by atoms with van der Waals surface area (Å²) in [5.74, 6) is 0.0995. The van der Waals surface area contributed by atoms with Gasteiger partial charge in [-0.25, -0.2) is 4.39 Å². The lowest BCUT2D eigenvalue weighted by molar-refractivity contribution is -0.137. The molecule has 0 atom stereocenters. The van der Waals surface area contributed by atoms with Gasteiger partial charge in [0.05, 0.1) is 13.2 Å². The van der Waals surface area contributed by atoms with Gasteiger partial charge in [0.1, 0.15) is 11.6 Å². The van der Waals surface area contributed by atoms with Crippen LogP contribution in [0, 0.1) is 5.82 Å². The Morgan fingerprint density at radius 3 is 2.59 bits per heavy atom. The van der Waals surface area contributed by atoms with Gasteiger partial charge in [0.25, 0.3) is 5.91 Å². The highest BCUT2D eigenvalue weighted by atomic mass is 19.1. The summed E-state index contributed by atoms with van der Waals surface area (Å²) in [5, 5.41) is 0.